The Morgan fingerprint density at radius 2 is 0.609 bits per heavy atom. The molecule has 0 spiro atoms. The van der Waals surface area contributed by atoms with Crippen molar-refractivity contribution in [2.45, 2.75) is 90.9 Å². The lowest BCUT2D eigenvalue weighted by Gasteiger charge is -2.02. The van der Waals surface area contributed by atoms with E-state index in [2.05, 4.69) is 28.2 Å². The van der Waals surface area contributed by atoms with Crippen molar-refractivity contribution in [1.82, 2.24) is 0 Å². The quantitative estimate of drug-likeness (QED) is 0.0332. The molecule has 0 unspecified atom stereocenters. The predicted molar refractivity (Wildman–Crippen MR) is 238 cm³/mol. The van der Waals surface area contributed by atoms with E-state index in [0.29, 0.717) is 19.3 Å². The molecule has 0 aromatic heterocycles. The van der Waals surface area contributed by atoms with Crippen LogP contribution in [-0.2, 0) is 57.1 Å². The lowest BCUT2D eigenvalue weighted by molar-refractivity contribution is -0.657. The van der Waals surface area contributed by atoms with Crippen molar-refractivity contribution < 1.29 is 98.8 Å². The van der Waals surface area contributed by atoms with Gasteiger partial charge in [0.05, 0.1) is 111 Å². The number of carboxylic acid groups (broad SMARTS) is 4. The monoisotopic (exact) mass is 937 g/mol. The fourth-order valence-electron chi connectivity index (χ4n) is 3.94. The van der Waals surface area contributed by atoms with Crippen LogP contribution in [0.1, 0.15) is 90.9 Å². The highest BCUT2D eigenvalue weighted by atomic mass is 16.5. The van der Waals surface area contributed by atoms with Crippen LogP contribution in [0.2, 0.25) is 0 Å². The van der Waals surface area contributed by atoms with E-state index < -0.39 is 23.9 Å². The highest BCUT2D eigenvalue weighted by Gasteiger charge is 1.92. The largest absolute Gasteiger partial charge is 0.550 e. The molecule has 0 aliphatic rings. The summed E-state index contributed by atoms with van der Waals surface area (Å²) in [6, 6.07) is 0. The van der Waals surface area contributed by atoms with Crippen molar-refractivity contribution in [2.75, 3.05) is 162 Å². The summed E-state index contributed by atoms with van der Waals surface area (Å²) in [5.74, 6) is -4.21. The summed E-state index contributed by atoms with van der Waals surface area (Å²) in [4.78, 5) is 39.2. The van der Waals surface area contributed by atoms with Crippen molar-refractivity contribution in [2.24, 2.45) is 0 Å². The Morgan fingerprint density at radius 1 is 0.375 bits per heavy atom. The average Bonchev–Trinajstić information content (AvgIpc) is 3.26. The zero-order valence-electron chi connectivity index (χ0n) is 41.8. The fourth-order valence-corrected chi connectivity index (χ4v) is 3.94. The van der Waals surface area contributed by atoms with E-state index in [1.54, 1.807) is 63.0 Å². The van der Waals surface area contributed by atoms with Crippen molar-refractivity contribution in [3.8, 4) is 0 Å². The molecule has 64 heavy (non-hydrogen) atoms. The van der Waals surface area contributed by atoms with E-state index in [1.165, 1.54) is 0 Å². The summed E-state index contributed by atoms with van der Waals surface area (Å²) in [6.07, 6.45) is 10.3. The Bertz CT molecular complexity index is 799. The smallest absolute Gasteiger partial charge is 0.0993 e. The molecule has 0 saturated heterocycles. The second-order valence-electron chi connectivity index (χ2n) is 13.4. The third-order valence-electron chi connectivity index (χ3n) is 7.41. The van der Waals surface area contributed by atoms with E-state index in [-0.39, 0.29) is 19.3 Å². The molecule has 388 valence electrons. The van der Waals surface area contributed by atoms with Crippen molar-refractivity contribution in [1.29, 1.82) is 0 Å². The molecule has 0 amide bonds. The molecule has 0 bridgehead atoms. The molecule has 0 aliphatic heterocycles. The van der Waals surface area contributed by atoms with Gasteiger partial charge in [0.1, 0.15) is 0 Å². The zero-order chi connectivity index (χ0) is 50.0. The van der Waals surface area contributed by atoms with Gasteiger partial charge in [-0.25, -0.2) is 0 Å². The molecule has 0 aromatic carbocycles. The Labute approximate surface area is 387 Å². The second kappa shape index (κ2) is 80.4. The van der Waals surface area contributed by atoms with Crippen LogP contribution >= 0.6 is 0 Å². The van der Waals surface area contributed by atoms with Crippen LogP contribution in [0.3, 0.4) is 0 Å². The van der Waals surface area contributed by atoms with Gasteiger partial charge in [0.25, 0.3) is 0 Å². The van der Waals surface area contributed by atoms with Gasteiger partial charge in [-0.1, -0.05) is 52.0 Å². The van der Waals surface area contributed by atoms with Crippen LogP contribution < -0.4 is 41.7 Å². The number of aliphatic carboxylic acids is 4. The summed E-state index contributed by atoms with van der Waals surface area (Å²) >= 11 is 0. The summed E-state index contributed by atoms with van der Waals surface area (Å²) < 4.78 is 38.8. The topological polar surface area (TPSA) is 301 Å². The first-order valence-electron chi connectivity index (χ1n) is 22.5. The summed E-state index contributed by atoms with van der Waals surface area (Å²) in [7, 11) is 13.7. The molecule has 0 aromatic rings. The standard InChI is InChI=1S/C7H12O4.C7H14O2.4C6H15NO2.C6H10O2/c8-6(9)4-2-1-3-5-7(10)11;1-2-3-4-5-6-7(8)9;4*1-8-5-3-7-4-6-9-2;1-2-3-4-5-6(7)8/h1-5H2,(H,8,9)(H,10,11);2-6H2,1H3,(H,8,9);4*7H,3-6H2,1-2H3;4-5H,2-3H2,1H3,(H,7,8). The van der Waals surface area contributed by atoms with Gasteiger partial charge in [-0.3, -0.25) is 0 Å². The molecule has 0 rings (SSSR count). The number of unbranched alkanes of at least 4 members (excludes halogenated alkanes) is 6. The van der Waals surface area contributed by atoms with Gasteiger partial charge in [-0.2, -0.15) is 0 Å². The first kappa shape index (κ1) is 75.4. The summed E-state index contributed by atoms with van der Waals surface area (Å²) in [5.41, 5.74) is 0. The molecule has 0 heterocycles. The third-order valence-corrected chi connectivity index (χ3v) is 7.41. The number of quaternary nitrogens is 4. The normalized spacial score (nSPS) is 9.84. The SMILES string of the molecule is CCCC=CC(=O)[O-].CCCCCCC(=O)[O-].COCC[NH2+]CCOC.COCC[NH2+]CCOC.COCC[NH2+]CCOC.COCC[NH2+]CCOC.O=C([O-])CCCCCC(=O)[O-]. The predicted octanol–water partition coefficient (Wildman–Crippen LogP) is -5.39. The van der Waals surface area contributed by atoms with E-state index in [4.69, 9.17) is 37.9 Å². The van der Waals surface area contributed by atoms with Gasteiger partial charge >= 0.3 is 0 Å². The summed E-state index contributed by atoms with van der Waals surface area (Å²) in [6.45, 7) is 18.9. The van der Waals surface area contributed by atoms with Crippen molar-refractivity contribution in [3.05, 3.63) is 12.2 Å². The number of carbonyl (C=O) groups is 4. The van der Waals surface area contributed by atoms with E-state index in [0.717, 1.165) is 150 Å². The molecular formula is C44H96N4O16. The lowest BCUT2D eigenvalue weighted by Crippen LogP contribution is -2.86. The number of rotatable bonds is 38. The minimum Gasteiger partial charge on any atom is -0.550 e. The minimum atomic E-state index is -1.11. The number of hydrogen-bond donors (Lipinski definition) is 4. The highest BCUT2D eigenvalue weighted by Crippen LogP contribution is 2.01. The second-order valence-corrected chi connectivity index (χ2v) is 13.4. The summed E-state index contributed by atoms with van der Waals surface area (Å²) in [5, 5.41) is 47.9. The maximum absolute atomic E-state index is 9.86. The number of carboxylic acids is 4. The number of ether oxygens (including phenoxy) is 8. The molecule has 8 N–H and O–H groups in total. The van der Waals surface area contributed by atoms with Gasteiger partial charge in [0, 0.05) is 74.8 Å². The van der Waals surface area contributed by atoms with Crippen LogP contribution in [0.4, 0.5) is 0 Å². The van der Waals surface area contributed by atoms with E-state index >= 15 is 0 Å². The third kappa shape index (κ3) is 124. The van der Waals surface area contributed by atoms with E-state index in [1.807, 2.05) is 6.92 Å². The zero-order valence-corrected chi connectivity index (χ0v) is 41.8. The fraction of sp³-hybridized carbons (Fsp3) is 0.864. The molecule has 0 saturated carbocycles. The minimum absolute atomic E-state index is 0.00699. The van der Waals surface area contributed by atoms with Gasteiger partial charge < -0.3 is 98.8 Å². The van der Waals surface area contributed by atoms with Crippen molar-refractivity contribution >= 4 is 23.9 Å². The first-order valence-corrected chi connectivity index (χ1v) is 22.5. The van der Waals surface area contributed by atoms with Crippen LogP contribution in [0, 0.1) is 0 Å². The van der Waals surface area contributed by atoms with Crippen LogP contribution in [0.25, 0.3) is 0 Å². The maximum atomic E-state index is 9.86. The number of allylic oxidation sites excluding steroid dienone is 1. The van der Waals surface area contributed by atoms with E-state index in [9.17, 15) is 39.6 Å². The number of carbonyl (C=O) groups excluding carboxylic acids is 4. The highest BCUT2D eigenvalue weighted by molar-refractivity contribution is 5.77. The first-order chi connectivity index (χ1) is 30.8. The molecule has 20 nitrogen and oxygen atoms in total. The van der Waals surface area contributed by atoms with Crippen molar-refractivity contribution in [3.63, 3.8) is 0 Å². The van der Waals surface area contributed by atoms with Crippen LogP contribution in [0.5, 0.6) is 0 Å². The lowest BCUT2D eigenvalue weighted by atomic mass is 10.1. The Hall–Kier alpha value is -2.86. The van der Waals surface area contributed by atoms with Gasteiger partial charge in [0.15, 0.2) is 0 Å². The Balaban J connectivity index is -0.000000119. The molecule has 20 heteroatoms. The number of methoxy groups -OCH3 is 8. The number of nitrogens with two attached hydrogens (primary N) is 4. The van der Waals surface area contributed by atoms with Gasteiger partial charge in [-0.05, 0) is 51.0 Å². The Morgan fingerprint density at radius 3 is 0.781 bits per heavy atom. The average molecular weight is 937 g/mol. The molecule has 0 atom stereocenters. The van der Waals surface area contributed by atoms with Gasteiger partial charge in [-0.15, -0.1) is 0 Å². The maximum Gasteiger partial charge on any atom is 0.0993 e. The molecule has 0 aliphatic carbocycles. The van der Waals surface area contributed by atoms with Crippen LogP contribution in [0.15, 0.2) is 12.2 Å². The molecule has 0 radical (unpaired) electrons. The molecular weight excluding hydrogens is 840 g/mol. The Kier molecular flexibility index (Phi) is 94.8. The molecule has 0 fully saturated rings. The van der Waals surface area contributed by atoms with Gasteiger partial charge in [0.2, 0.25) is 0 Å². The number of hydrogen-bond acceptors (Lipinski definition) is 16. The van der Waals surface area contributed by atoms with Crippen LogP contribution in [-0.4, -0.2) is 186 Å².